The number of nitrogens with one attached hydrogen (secondary N) is 1. The number of aryl methyl sites for hydroxylation is 1. The molecule has 2 unspecified atom stereocenters. The maximum atomic E-state index is 13.6. The van der Waals surface area contributed by atoms with Crippen molar-refractivity contribution in [2.75, 3.05) is 0 Å². The summed E-state index contributed by atoms with van der Waals surface area (Å²) >= 11 is 1.57. The van der Waals surface area contributed by atoms with Crippen LogP contribution >= 0.6 is 11.3 Å². The van der Waals surface area contributed by atoms with E-state index >= 15 is 0 Å². The van der Waals surface area contributed by atoms with Gasteiger partial charge < -0.3 is 15.2 Å². The fourth-order valence-corrected chi connectivity index (χ4v) is 5.72. The largest absolute Gasteiger partial charge is 0.461 e. The maximum Gasteiger partial charge on any atom is 0.461 e. The second-order valence-corrected chi connectivity index (χ2v) is 10.9. The number of rotatable bonds is 10. The highest BCUT2D eigenvalue weighted by Crippen LogP contribution is 2.30. The smallest absolute Gasteiger partial charge is 0.428 e. The van der Waals surface area contributed by atoms with Crippen LogP contribution in [0.4, 0.5) is 17.6 Å². The molecule has 0 spiro atoms. The lowest BCUT2D eigenvalue weighted by Gasteiger charge is -2.26. The van der Waals surface area contributed by atoms with Gasteiger partial charge in [-0.25, -0.2) is 0 Å². The molecule has 0 saturated carbocycles. The van der Waals surface area contributed by atoms with Crippen molar-refractivity contribution < 1.29 is 32.2 Å². The molecule has 1 amide bonds. The highest BCUT2D eigenvalue weighted by molar-refractivity contribution is 7.08. The number of benzene rings is 3. The Morgan fingerprint density at radius 1 is 1.02 bits per heavy atom. The molecule has 0 bridgehead atoms. The van der Waals surface area contributed by atoms with Gasteiger partial charge in [0.15, 0.2) is 0 Å². The maximum absolute atomic E-state index is 13.6. The van der Waals surface area contributed by atoms with Crippen LogP contribution < -0.4 is 10.1 Å². The lowest BCUT2D eigenvalue weighted by Crippen LogP contribution is -2.41. The first-order chi connectivity index (χ1) is 20.2. The third-order valence-electron chi connectivity index (χ3n) is 7.21. The van der Waals surface area contributed by atoms with Crippen molar-refractivity contribution in [1.82, 2.24) is 5.32 Å². The van der Waals surface area contributed by atoms with Crippen LogP contribution in [0.25, 0.3) is 17.2 Å². The number of alkyl halides is 4. The Morgan fingerprint density at radius 3 is 2.55 bits per heavy atom. The van der Waals surface area contributed by atoms with E-state index in [0.29, 0.717) is 16.7 Å². The average molecular weight is 596 g/mol. The Bertz CT molecular complexity index is 1540. The molecule has 4 nitrogen and oxygen atoms in total. The zero-order valence-corrected chi connectivity index (χ0v) is 23.3. The number of halogens is 4. The number of thiophene rings is 1. The van der Waals surface area contributed by atoms with Crippen LogP contribution in [0.2, 0.25) is 0 Å². The van der Waals surface area contributed by atoms with Crippen LogP contribution in [0.15, 0.2) is 89.6 Å². The number of aliphatic hydroxyl groups excluding tert-OH is 1. The van der Waals surface area contributed by atoms with E-state index in [4.69, 9.17) is 0 Å². The Kier molecular flexibility index (Phi) is 9.09. The van der Waals surface area contributed by atoms with Gasteiger partial charge in [-0.2, -0.15) is 28.9 Å². The molecule has 0 aliphatic heterocycles. The van der Waals surface area contributed by atoms with E-state index in [2.05, 4.69) is 10.1 Å². The van der Waals surface area contributed by atoms with Crippen molar-refractivity contribution in [1.29, 1.82) is 0 Å². The van der Waals surface area contributed by atoms with E-state index in [-0.39, 0.29) is 6.42 Å². The first kappa shape index (κ1) is 29.5. The summed E-state index contributed by atoms with van der Waals surface area (Å²) in [5.74, 6) is -0.843. The average Bonchev–Trinajstić information content (AvgIpc) is 3.41. The Labute approximate surface area is 245 Å². The van der Waals surface area contributed by atoms with Gasteiger partial charge in [-0.15, -0.1) is 0 Å². The third kappa shape index (κ3) is 6.91. The molecule has 2 atom stereocenters. The van der Waals surface area contributed by atoms with E-state index in [1.165, 1.54) is 12.1 Å². The molecule has 5 rings (SSSR count). The molecule has 3 aromatic carbocycles. The lowest BCUT2D eigenvalue weighted by molar-refractivity contribution is -0.253. The van der Waals surface area contributed by atoms with E-state index in [9.17, 15) is 27.5 Å². The number of aliphatic hydroxyl groups is 1. The molecule has 42 heavy (non-hydrogen) atoms. The van der Waals surface area contributed by atoms with Crippen LogP contribution in [-0.4, -0.2) is 29.6 Å². The first-order valence-electron chi connectivity index (χ1n) is 13.5. The normalized spacial score (nSPS) is 14.6. The molecule has 2 N–H and O–H groups in total. The van der Waals surface area contributed by atoms with E-state index in [1.54, 1.807) is 35.6 Å². The monoisotopic (exact) mass is 595 g/mol. The van der Waals surface area contributed by atoms with E-state index in [0.717, 1.165) is 47.6 Å². The molecule has 0 fully saturated rings. The van der Waals surface area contributed by atoms with Crippen LogP contribution in [0.1, 0.15) is 51.6 Å². The molecule has 0 radical (unpaired) electrons. The molecule has 9 heteroatoms. The molecular weight excluding hydrogens is 566 g/mol. The van der Waals surface area contributed by atoms with Crippen molar-refractivity contribution in [2.45, 2.75) is 50.4 Å². The van der Waals surface area contributed by atoms with Crippen LogP contribution in [0.5, 0.6) is 5.75 Å². The highest BCUT2D eigenvalue weighted by atomic mass is 32.1. The minimum atomic E-state index is -4.66. The van der Waals surface area contributed by atoms with Gasteiger partial charge in [0, 0.05) is 5.56 Å². The summed E-state index contributed by atoms with van der Waals surface area (Å²) in [7, 11) is 0. The van der Waals surface area contributed by atoms with Crippen LogP contribution in [0.3, 0.4) is 0 Å². The Morgan fingerprint density at radius 2 is 1.81 bits per heavy atom. The number of fused-ring (bicyclic) bond motifs is 1. The van der Waals surface area contributed by atoms with Crippen molar-refractivity contribution in [3.63, 3.8) is 0 Å². The van der Waals surface area contributed by atoms with Gasteiger partial charge in [0.25, 0.3) is 5.91 Å². The van der Waals surface area contributed by atoms with Gasteiger partial charge >= 0.3 is 12.5 Å². The number of ether oxygens (including phenoxy) is 1. The molecule has 4 aromatic rings. The second-order valence-electron chi connectivity index (χ2n) is 10.1. The minimum absolute atomic E-state index is 0.0154. The lowest BCUT2D eigenvalue weighted by atomic mass is 9.93. The van der Waals surface area contributed by atoms with Crippen LogP contribution in [0, 0.1) is 0 Å². The standard InChI is InChI=1S/C33H29F4NO3S/c34-32(35)33(36,37)41-26-9-4-6-21(18-26)19-29(30(39)24-14-12-22(13-15-24)25-16-17-42-20-25)38-31(40)28-11-5-8-23-7-2-1-3-10-27(23)28/h3-6,8-18,20,29-30,32,39H,1-2,7,19H2,(H,38,40). The minimum Gasteiger partial charge on any atom is -0.428 e. The second kappa shape index (κ2) is 12.9. The fourth-order valence-electron chi connectivity index (χ4n) is 5.05. The summed E-state index contributed by atoms with van der Waals surface area (Å²) in [6.45, 7) is 0. The van der Waals surface area contributed by atoms with Crippen molar-refractivity contribution in [3.8, 4) is 16.9 Å². The van der Waals surface area contributed by atoms with Gasteiger partial charge in [-0.1, -0.05) is 60.7 Å². The number of amides is 1. The zero-order valence-electron chi connectivity index (χ0n) is 22.5. The molecule has 1 aliphatic carbocycles. The summed E-state index contributed by atoms with van der Waals surface area (Å²) in [6.07, 6.45) is -3.13. The molecule has 218 valence electrons. The van der Waals surface area contributed by atoms with Gasteiger partial charge in [0.05, 0.1) is 12.1 Å². The number of carbonyl (C=O) groups is 1. The van der Waals surface area contributed by atoms with E-state index < -0.39 is 36.3 Å². The van der Waals surface area contributed by atoms with Gasteiger partial charge in [0.2, 0.25) is 0 Å². The van der Waals surface area contributed by atoms with Crippen LogP contribution in [-0.2, 0) is 12.8 Å². The summed E-state index contributed by atoms with van der Waals surface area (Å²) in [6, 6.07) is 19.3. The summed E-state index contributed by atoms with van der Waals surface area (Å²) < 4.78 is 56.8. The molecular formula is C33H29F4NO3S. The fraction of sp³-hybridized carbons (Fsp3) is 0.242. The Hall–Kier alpha value is -3.95. The number of carbonyl (C=O) groups excluding carboxylic acids is 1. The highest BCUT2D eigenvalue weighted by Gasteiger charge is 2.44. The molecule has 0 saturated heterocycles. The number of allylic oxidation sites excluding steroid dienone is 1. The van der Waals surface area contributed by atoms with Crippen molar-refractivity contribution in [2.24, 2.45) is 0 Å². The Balaban J connectivity index is 1.44. The molecule has 1 heterocycles. The third-order valence-corrected chi connectivity index (χ3v) is 7.89. The number of hydrogen-bond donors (Lipinski definition) is 2. The first-order valence-corrected chi connectivity index (χ1v) is 14.5. The van der Waals surface area contributed by atoms with Crippen molar-refractivity contribution >= 4 is 23.3 Å². The number of hydrogen-bond acceptors (Lipinski definition) is 4. The SMILES string of the molecule is O=C(NC(Cc1cccc(OC(F)(F)C(F)F)c1)C(O)c1ccc(-c2ccsc2)cc1)c1cccc2c1C=CCCC2. The summed E-state index contributed by atoms with van der Waals surface area (Å²) in [5, 5.41) is 18.4. The topological polar surface area (TPSA) is 58.6 Å². The van der Waals surface area contributed by atoms with Gasteiger partial charge in [-0.05, 0) is 94.1 Å². The predicted molar refractivity (Wildman–Crippen MR) is 156 cm³/mol. The van der Waals surface area contributed by atoms with Crippen molar-refractivity contribution in [3.05, 3.63) is 117 Å². The summed E-state index contributed by atoms with van der Waals surface area (Å²) in [5.41, 5.74) is 5.31. The summed E-state index contributed by atoms with van der Waals surface area (Å²) in [4.78, 5) is 13.6. The van der Waals surface area contributed by atoms with Gasteiger partial charge in [-0.3, -0.25) is 4.79 Å². The quantitative estimate of drug-likeness (QED) is 0.182. The molecule has 1 aliphatic rings. The zero-order chi connectivity index (χ0) is 29.7. The van der Waals surface area contributed by atoms with Gasteiger partial charge in [0.1, 0.15) is 5.75 Å². The predicted octanol–water partition coefficient (Wildman–Crippen LogP) is 8.08. The van der Waals surface area contributed by atoms with E-state index in [1.807, 2.05) is 53.2 Å². The molecule has 1 aromatic heterocycles.